The minimum atomic E-state index is -4.57. The largest absolute Gasteiger partial charge is 0.416 e. The molecule has 0 radical (unpaired) electrons. The van der Waals surface area contributed by atoms with E-state index in [2.05, 4.69) is 6.07 Å². The Labute approximate surface area is 329 Å². The molecule has 0 saturated heterocycles. The molecule has 0 atom stereocenters. The lowest BCUT2D eigenvalue weighted by atomic mass is 9.91. The monoisotopic (exact) mass is 775 g/mol. The van der Waals surface area contributed by atoms with Gasteiger partial charge in [-0.1, -0.05) is 115 Å². The zero-order valence-electron chi connectivity index (χ0n) is 30.8. The van der Waals surface area contributed by atoms with E-state index in [4.69, 9.17) is 9.97 Å². The van der Waals surface area contributed by atoms with E-state index in [-0.39, 0.29) is 0 Å². The van der Waals surface area contributed by atoms with E-state index in [0.29, 0.717) is 50.7 Å². The normalized spacial score (nSPS) is 12.1. The quantitative estimate of drug-likeness (QED) is 0.158. The Morgan fingerprint density at radius 3 is 1.38 bits per heavy atom. The van der Waals surface area contributed by atoms with Crippen LogP contribution in [0.4, 0.5) is 26.3 Å². The minimum absolute atomic E-state index is 0.325. The summed E-state index contributed by atoms with van der Waals surface area (Å²) in [6.07, 6.45) is -9.14. The number of fused-ring (bicyclic) bond motifs is 3. The molecular weight excluding hydrogens is 745 g/mol. The number of hydrogen-bond donors (Lipinski definition) is 0. The average molecular weight is 776 g/mol. The van der Waals surface area contributed by atoms with Crippen LogP contribution < -0.4 is 0 Å². The third-order valence-corrected chi connectivity index (χ3v) is 10.3. The Morgan fingerprint density at radius 1 is 0.414 bits per heavy atom. The van der Waals surface area contributed by atoms with Gasteiger partial charge in [0, 0.05) is 38.6 Å². The number of rotatable bonds is 6. The molecule has 9 aromatic rings. The molecule has 0 aliphatic carbocycles. The lowest BCUT2D eigenvalue weighted by Crippen LogP contribution is -2.06. The van der Waals surface area contributed by atoms with Crippen molar-refractivity contribution in [3.63, 3.8) is 0 Å². The van der Waals surface area contributed by atoms with Gasteiger partial charge in [0.05, 0.1) is 39.2 Å². The maximum atomic E-state index is 13.9. The second-order valence-electron chi connectivity index (χ2n) is 14.1. The van der Waals surface area contributed by atoms with Crippen molar-refractivity contribution in [3.8, 4) is 61.8 Å². The molecule has 0 fully saturated rings. The van der Waals surface area contributed by atoms with Crippen LogP contribution in [-0.2, 0) is 12.4 Å². The van der Waals surface area contributed by atoms with E-state index in [1.54, 1.807) is 0 Å². The molecule has 0 aliphatic heterocycles. The molecule has 284 valence electrons. The van der Waals surface area contributed by atoms with Gasteiger partial charge in [-0.15, -0.1) is 0 Å². The fourth-order valence-electron chi connectivity index (χ4n) is 7.54. The second-order valence-corrected chi connectivity index (χ2v) is 14.1. The van der Waals surface area contributed by atoms with Gasteiger partial charge in [-0.2, -0.15) is 26.3 Å². The molecule has 0 bridgehead atoms. The van der Waals surface area contributed by atoms with Gasteiger partial charge >= 0.3 is 12.4 Å². The molecule has 0 N–H and O–H groups in total. The van der Waals surface area contributed by atoms with Crippen LogP contribution in [0.25, 0.3) is 83.6 Å². The molecule has 0 unspecified atom stereocenters. The van der Waals surface area contributed by atoms with Crippen LogP contribution in [0, 0.1) is 6.92 Å². The standard InChI is InChI=1S/C49H31F6N3/c1-30-16-25-45-41(26-30)38-14-8-9-15-44(38)58(45)46-39(31-17-21-36(22-18-31)48(50,51)52)27-35(28-40(46)32-19-23-37(24-20-32)49(53,54)55)47-56-42(33-10-4-2-5-11-33)29-43(57-47)34-12-6-3-7-13-34/h2-29H,1H3. The predicted octanol–water partition coefficient (Wildman–Crippen LogP) is 14.3. The van der Waals surface area contributed by atoms with E-state index >= 15 is 0 Å². The summed E-state index contributed by atoms with van der Waals surface area (Å²) in [4.78, 5) is 10.1. The topological polar surface area (TPSA) is 30.7 Å². The van der Waals surface area contributed by atoms with Crippen LogP contribution in [0.15, 0.2) is 170 Å². The van der Waals surface area contributed by atoms with Crippen molar-refractivity contribution in [1.29, 1.82) is 0 Å². The summed E-state index contributed by atoms with van der Waals surface area (Å²) in [5.74, 6) is 0.325. The van der Waals surface area contributed by atoms with Crippen LogP contribution in [0.3, 0.4) is 0 Å². The molecule has 0 amide bonds. The van der Waals surface area contributed by atoms with Gasteiger partial charge in [-0.05, 0) is 78.7 Å². The molecular formula is C49H31F6N3. The average Bonchev–Trinajstić information content (AvgIpc) is 3.56. The van der Waals surface area contributed by atoms with Crippen molar-refractivity contribution in [2.24, 2.45) is 0 Å². The van der Waals surface area contributed by atoms with Gasteiger partial charge in [0.1, 0.15) is 0 Å². The molecule has 9 heteroatoms. The first-order valence-electron chi connectivity index (χ1n) is 18.5. The molecule has 7 aromatic carbocycles. The first-order valence-corrected chi connectivity index (χ1v) is 18.5. The summed E-state index contributed by atoms with van der Waals surface area (Å²) in [6, 6.07) is 48.6. The third-order valence-electron chi connectivity index (χ3n) is 10.3. The molecule has 3 nitrogen and oxygen atoms in total. The van der Waals surface area contributed by atoms with E-state index in [1.807, 2.05) is 127 Å². The summed E-state index contributed by atoms with van der Waals surface area (Å²) in [7, 11) is 0. The fraction of sp³-hybridized carbons (Fsp3) is 0.0612. The fourth-order valence-corrected chi connectivity index (χ4v) is 7.54. The first-order chi connectivity index (χ1) is 27.9. The first kappa shape index (κ1) is 36.6. The Morgan fingerprint density at radius 2 is 0.879 bits per heavy atom. The van der Waals surface area contributed by atoms with Gasteiger partial charge in [0.25, 0.3) is 0 Å². The number of benzene rings is 7. The van der Waals surface area contributed by atoms with Crippen molar-refractivity contribution < 1.29 is 26.3 Å². The highest BCUT2D eigenvalue weighted by Gasteiger charge is 2.32. The molecule has 0 aliphatic rings. The van der Waals surface area contributed by atoms with Gasteiger partial charge in [0.15, 0.2) is 5.82 Å². The van der Waals surface area contributed by atoms with Crippen molar-refractivity contribution in [2.75, 3.05) is 0 Å². The molecule has 2 aromatic heterocycles. The number of aryl methyl sites for hydroxylation is 1. The number of aromatic nitrogens is 3. The van der Waals surface area contributed by atoms with Crippen molar-refractivity contribution >= 4 is 21.8 Å². The Hall–Kier alpha value is -7.00. The van der Waals surface area contributed by atoms with E-state index in [1.165, 1.54) is 24.3 Å². The summed E-state index contributed by atoms with van der Waals surface area (Å²) in [6.45, 7) is 1.99. The SMILES string of the molecule is Cc1ccc2c(c1)c1ccccc1n2-c1c(-c2ccc(C(F)(F)F)cc2)cc(-c2nc(-c3ccccc3)cc(-c3ccccc3)n2)cc1-c1ccc(C(F)(F)F)cc1. The Bertz CT molecular complexity index is 2810. The minimum Gasteiger partial charge on any atom is -0.308 e. The Balaban J connectivity index is 1.41. The summed E-state index contributed by atoms with van der Waals surface area (Å²) in [5.41, 5.74) is 7.04. The van der Waals surface area contributed by atoms with Crippen LogP contribution in [0.1, 0.15) is 16.7 Å². The highest BCUT2D eigenvalue weighted by atomic mass is 19.4. The number of halogens is 6. The van der Waals surface area contributed by atoms with Crippen LogP contribution in [-0.4, -0.2) is 14.5 Å². The van der Waals surface area contributed by atoms with E-state index in [9.17, 15) is 26.3 Å². The maximum absolute atomic E-state index is 13.9. The molecule has 58 heavy (non-hydrogen) atoms. The highest BCUT2D eigenvalue weighted by molar-refractivity contribution is 6.11. The van der Waals surface area contributed by atoms with Gasteiger partial charge in [-0.3, -0.25) is 0 Å². The lowest BCUT2D eigenvalue weighted by Gasteiger charge is -2.21. The predicted molar refractivity (Wildman–Crippen MR) is 218 cm³/mol. The summed E-state index contributed by atoms with van der Waals surface area (Å²) < 4.78 is 85.7. The van der Waals surface area contributed by atoms with Gasteiger partial charge in [-0.25, -0.2) is 9.97 Å². The zero-order chi connectivity index (χ0) is 40.2. The number of alkyl halides is 6. The molecule has 2 heterocycles. The zero-order valence-corrected chi connectivity index (χ0v) is 30.8. The number of hydrogen-bond acceptors (Lipinski definition) is 2. The van der Waals surface area contributed by atoms with Crippen molar-refractivity contribution in [2.45, 2.75) is 19.3 Å². The van der Waals surface area contributed by atoms with Crippen molar-refractivity contribution in [3.05, 3.63) is 187 Å². The van der Waals surface area contributed by atoms with E-state index in [0.717, 1.165) is 62.8 Å². The molecule has 0 saturated carbocycles. The van der Waals surface area contributed by atoms with Crippen LogP contribution in [0.5, 0.6) is 0 Å². The smallest absolute Gasteiger partial charge is 0.308 e. The van der Waals surface area contributed by atoms with Crippen molar-refractivity contribution in [1.82, 2.24) is 14.5 Å². The van der Waals surface area contributed by atoms with Crippen LogP contribution in [0.2, 0.25) is 0 Å². The highest BCUT2D eigenvalue weighted by Crippen LogP contribution is 2.45. The Kier molecular flexibility index (Phi) is 8.96. The van der Waals surface area contributed by atoms with Gasteiger partial charge < -0.3 is 4.57 Å². The van der Waals surface area contributed by atoms with Gasteiger partial charge in [0.2, 0.25) is 0 Å². The summed E-state index contributed by atoms with van der Waals surface area (Å²) >= 11 is 0. The number of para-hydroxylation sites is 1. The maximum Gasteiger partial charge on any atom is 0.416 e. The molecule has 0 spiro atoms. The lowest BCUT2D eigenvalue weighted by molar-refractivity contribution is -0.138. The van der Waals surface area contributed by atoms with E-state index < -0.39 is 23.5 Å². The summed E-state index contributed by atoms with van der Waals surface area (Å²) in [5, 5.41) is 1.89. The second kappa shape index (κ2) is 14.2. The molecule has 9 rings (SSSR count). The van der Waals surface area contributed by atoms with Crippen LogP contribution >= 0.6 is 0 Å². The number of nitrogens with zero attached hydrogens (tertiary/aromatic N) is 3. The third kappa shape index (κ3) is 6.78.